The lowest BCUT2D eigenvalue weighted by Crippen LogP contribution is -2.18. The summed E-state index contributed by atoms with van der Waals surface area (Å²) in [6.45, 7) is 4.79. The Labute approximate surface area is 181 Å². The number of benzene rings is 1. The van der Waals surface area contributed by atoms with Crippen molar-refractivity contribution in [3.63, 3.8) is 0 Å². The van der Waals surface area contributed by atoms with Gasteiger partial charge in [0.15, 0.2) is 0 Å². The van der Waals surface area contributed by atoms with E-state index in [4.69, 9.17) is 5.73 Å². The molecule has 0 spiro atoms. The highest BCUT2D eigenvalue weighted by Crippen LogP contribution is 2.37. The van der Waals surface area contributed by atoms with Crippen molar-refractivity contribution in [2.75, 3.05) is 0 Å². The second-order valence-corrected chi connectivity index (χ2v) is 8.44. The number of hydrogen-bond donors (Lipinski definition) is 1. The van der Waals surface area contributed by atoms with Crippen LogP contribution in [0.25, 0.3) is 11.1 Å². The van der Waals surface area contributed by atoms with Crippen LogP contribution in [0.2, 0.25) is 0 Å². The molecule has 0 aliphatic heterocycles. The van der Waals surface area contributed by atoms with Crippen LogP contribution in [-0.2, 0) is 13.0 Å². The van der Waals surface area contributed by atoms with Gasteiger partial charge in [-0.25, -0.2) is 0 Å². The van der Waals surface area contributed by atoms with Crippen molar-refractivity contribution >= 4 is 5.91 Å². The maximum absolute atomic E-state index is 12.8. The molecule has 3 rings (SSSR count). The third-order valence-electron chi connectivity index (χ3n) is 6.17. The SMILES string of the molecule is CCCCc1c(-c2cccc(OC(F)(F)F)c2)c(C(N)=O)c(C)n1CC1CCCCC1. The zero-order valence-electron chi connectivity index (χ0n) is 18.2. The molecule has 1 amide bonds. The fourth-order valence-corrected chi connectivity index (χ4v) is 4.74. The van der Waals surface area contributed by atoms with Crippen LogP contribution >= 0.6 is 0 Å². The summed E-state index contributed by atoms with van der Waals surface area (Å²) < 4.78 is 44.6. The number of unbranched alkanes of at least 4 members (excludes halogenated alkanes) is 1. The molecule has 1 heterocycles. The molecule has 0 saturated heterocycles. The van der Waals surface area contributed by atoms with Crippen molar-refractivity contribution in [3.8, 4) is 16.9 Å². The third kappa shape index (κ3) is 5.63. The van der Waals surface area contributed by atoms with Crippen molar-refractivity contribution in [2.24, 2.45) is 11.7 Å². The molecule has 1 saturated carbocycles. The fraction of sp³-hybridized carbons (Fsp3) is 0.542. The molecule has 4 nitrogen and oxygen atoms in total. The molecule has 2 aromatic rings. The number of halogens is 3. The highest BCUT2D eigenvalue weighted by Gasteiger charge is 2.32. The Morgan fingerprint density at radius 2 is 1.94 bits per heavy atom. The third-order valence-corrected chi connectivity index (χ3v) is 6.17. The average Bonchev–Trinajstić information content (AvgIpc) is 2.98. The van der Waals surface area contributed by atoms with E-state index in [-0.39, 0.29) is 5.75 Å². The van der Waals surface area contributed by atoms with E-state index in [0.29, 0.717) is 22.6 Å². The summed E-state index contributed by atoms with van der Waals surface area (Å²) in [5, 5.41) is 0. The van der Waals surface area contributed by atoms with E-state index < -0.39 is 12.3 Å². The standard InChI is InChI=1S/C24H31F3N2O2/c1-3-4-13-20-22(18-11-8-12-19(14-18)31-24(25,26)27)21(23(28)30)16(2)29(20)15-17-9-6-5-7-10-17/h8,11-12,14,17H,3-7,9-10,13,15H2,1-2H3,(H2,28,30). The lowest BCUT2D eigenvalue weighted by Gasteiger charge is -2.24. The number of nitrogens with two attached hydrogens (primary N) is 1. The minimum absolute atomic E-state index is 0.306. The first-order valence-corrected chi connectivity index (χ1v) is 11.1. The van der Waals surface area contributed by atoms with E-state index in [0.717, 1.165) is 50.0 Å². The lowest BCUT2D eigenvalue weighted by atomic mass is 9.89. The van der Waals surface area contributed by atoms with Crippen LogP contribution in [0.5, 0.6) is 5.75 Å². The van der Waals surface area contributed by atoms with Crippen LogP contribution in [-0.4, -0.2) is 16.8 Å². The van der Waals surface area contributed by atoms with Crippen molar-refractivity contribution in [1.82, 2.24) is 4.57 Å². The van der Waals surface area contributed by atoms with Gasteiger partial charge in [0.2, 0.25) is 0 Å². The molecule has 0 radical (unpaired) electrons. The molecule has 1 aliphatic carbocycles. The molecular weight excluding hydrogens is 405 g/mol. The number of nitrogens with zero attached hydrogens (tertiary/aromatic N) is 1. The molecule has 0 bridgehead atoms. The van der Waals surface area contributed by atoms with Gasteiger partial charge in [-0.1, -0.05) is 44.7 Å². The van der Waals surface area contributed by atoms with E-state index in [1.807, 2.05) is 6.92 Å². The normalized spacial score (nSPS) is 15.3. The molecule has 7 heteroatoms. The molecule has 31 heavy (non-hydrogen) atoms. The number of amides is 1. The van der Waals surface area contributed by atoms with Gasteiger partial charge in [0, 0.05) is 23.5 Å². The first-order chi connectivity index (χ1) is 14.7. The summed E-state index contributed by atoms with van der Waals surface area (Å²) >= 11 is 0. The van der Waals surface area contributed by atoms with Crippen LogP contribution in [0, 0.1) is 12.8 Å². The van der Waals surface area contributed by atoms with Crippen molar-refractivity contribution < 1.29 is 22.7 Å². The summed E-state index contributed by atoms with van der Waals surface area (Å²) in [5.74, 6) is -0.331. The lowest BCUT2D eigenvalue weighted by molar-refractivity contribution is -0.274. The van der Waals surface area contributed by atoms with E-state index in [1.54, 1.807) is 6.07 Å². The second-order valence-electron chi connectivity index (χ2n) is 8.44. The molecule has 1 aromatic carbocycles. The molecule has 170 valence electrons. The summed E-state index contributed by atoms with van der Waals surface area (Å²) in [5.41, 5.74) is 9.10. The minimum atomic E-state index is -4.78. The first kappa shape index (κ1) is 23.2. The van der Waals surface area contributed by atoms with E-state index in [2.05, 4.69) is 16.2 Å². The zero-order valence-corrected chi connectivity index (χ0v) is 18.2. The molecular formula is C24H31F3N2O2. The predicted octanol–water partition coefficient (Wildman–Crippen LogP) is 6.38. The number of alkyl halides is 3. The summed E-state index contributed by atoms with van der Waals surface area (Å²) in [6.07, 6.45) is 3.82. The first-order valence-electron chi connectivity index (χ1n) is 11.1. The Hall–Kier alpha value is -2.44. The maximum Gasteiger partial charge on any atom is 0.573 e. The van der Waals surface area contributed by atoms with E-state index in [1.165, 1.54) is 37.5 Å². The number of primary amides is 1. The molecule has 1 fully saturated rings. The van der Waals surface area contributed by atoms with Crippen LogP contribution in [0.15, 0.2) is 24.3 Å². The van der Waals surface area contributed by atoms with Gasteiger partial charge in [0.25, 0.3) is 5.91 Å². The van der Waals surface area contributed by atoms with Crippen molar-refractivity contribution in [2.45, 2.75) is 78.1 Å². The number of hydrogen-bond acceptors (Lipinski definition) is 2. The molecule has 0 unspecified atom stereocenters. The van der Waals surface area contributed by atoms with Crippen molar-refractivity contribution in [1.29, 1.82) is 0 Å². The van der Waals surface area contributed by atoms with E-state index >= 15 is 0 Å². The Morgan fingerprint density at radius 3 is 2.55 bits per heavy atom. The smallest absolute Gasteiger partial charge is 0.406 e. The summed E-state index contributed by atoms with van der Waals surface area (Å²) in [4.78, 5) is 12.5. The highest BCUT2D eigenvalue weighted by atomic mass is 19.4. The number of rotatable bonds is 8. The van der Waals surface area contributed by atoms with Crippen LogP contribution in [0.1, 0.15) is 73.6 Å². The van der Waals surface area contributed by atoms with Crippen LogP contribution in [0.4, 0.5) is 13.2 Å². The number of aromatic nitrogens is 1. The van der Waals surface area contributed by atoms with Gasteiger partial charge in [0.05, 0.1) is 5.56 Å². The van der Waals surface area contributed by atoms with Gasteiger partial charge in [0.1, 0.15) is 5.75 Å². The second kappa shape index (κ2) is 9.79. The van der Waals surface area contributed by atoms with E-state index in [9.17, 15) is 18.0 Å². The van der Waals surface area contributed by atoms with Gasteiger partial charge in [-0.2, -0.15) is 0 Å². The van der Waals surface area contributed by atoms with Gasteiger partial charge >= 0.3 is 6.36 Å². The maximum atomic E-state index is 12.8. The molecule has 0 atom stereocenters. The Kier molecular flexibility index (Phi) is 7.34. The highest BCUT2D eigenvalue weighted by molar-refractivity contribution is 6.02. The molecule has 1 aromatic heterocycles. The average molecular weight is 437 g/mol. The minimum Gasteiger partial charge on any atom is -0.406 e. The predicted molar refractivity (Wildman–Crippen MR) is 115 cm³/mol. The van der Waals surface area contributed by atoms with Gasteiger partial charge in [-0.05, 0) is 56.2 Å². The number of ether oxygens (including phenoxy) is 1. The Bertz CT molecular complexity index is 912. The van der Waals surface area contributed by atoms with Gasteiger partial charge < -0.3 is 15.0 Å². The zero-order chi connectivity index (χ0) is 22.6. The topological polar surface area (TPSA) is 57.2 Å². The molecule has 1 aliphatic rings. The van der Waals surface area contributed by atoms with Crippen LogP contribution in [0.3, 0.4) is 0 Å². The molecule has 2 N–H and O–H groups in total. The fourth-order valence-electron chi connectivity index (χ4n) is 4.74. The monoisotopic (exact) mass is 436 g/mol. The number of carbonyl (C=O) groups is 1. The van der Waals surface area contributed by atoms with Gasteiger partial charge in [-0.15, -0.1) is 13.2 Å². The summed E-state index contributed by atoms with van der Waals surface area (Å²) in [7, 11) is 0. The number of carbonyl (C=O) groups excluding carboxylic acids is 1. The summed E-state index contributed by atoms with van der Waals surface area (Å²) in [6, 6.07) is 5.83. The largest absolute Gasteiger partial charge is 0.573 e. The Morgan fingerprint density at radius 1 is 1.23 bits per heavy atom. The quantitative estimate of drug-likeness (QED) is 0.522. The van der Waals surface area contributed by atoms with Crippen molar-refractivity contribution in [3.05, 3.63) is 41.2 Å². The van der Waals surface area contributed by atoms with Gasteiger partial charge in [-0.3, -0.25) is 4.79 Å². The van der Waals surface area contributed by atoms with Crippen LogP contribution < -0.4 is 10.5 Å². The Balaban J connectivity index is 2.12.